The standard InChI is InChI=1S/C21H21N3O3/c1-13-8-9-16-18(11-13)27-20(23-16)7-4-10-22-19(25)12-17-14-5-2-3-6-15(14)21(26)24-17/h2-3,5-6,8-9,11,17H,4,7,10,12H2,1H3,(H,22,25)(H,24,26). The summed E-state index contributed by atoms with van der Waals surface area (Å²) in [7, 11) is 0. The van der Waals surface area contributed by atoms with Crippen LogP contribution in [0.15, 0.2) is 46.9 Å². The molecule has 6 nitrogen and oxygen atoms in total. The Bertz CT molecular complexity index is 1010. The summed E-state index contributed by atoms with van der Waals surface area (Å²) < 4.78 is 5.74. The Hall–Kier alpha value is -3.15. The first-order valence-corrected chi connectivity index (χ1v) is 9.13. The van der Waals surface area contributed by atoms with E-state index in [2.05, 4.69) is 15.6 Å². The second kappa shape index (κ2) is 7.23. The third-order valence-electron chi connectivity index (χ3n) is 4.75. The molecule has 0 radical (unpaired) electrons. The van der Waals surface area contributed by atoms with Crippen LogP contribution in [-0.4, -0.2) is 23.3 Å². The first-order chi connectivity index (χ1) is 13.1. The molecule has 0 saturated carbocycles. The van der Waals surface area contributed by atoms with Crippen LogP contribution in [0.4, 0.5) is 0 Å². The van der Waals surface area contributed by atoms with Crippen molar-refractivity contribution in [3.63, 3.8) is 0 Å². The maximum atomic E-state index is 12.2. The summed E-state index contributed by atoms with van der Waals surface area (Å²) in [6.07, 6.45) is 1.65. The van der Waals surface area contributed by atoms with E-state index in [4.69, 9.17) is 4.42 Å². The molecule has 0 fully saturated rings. The molecule has 0 saturated heterocycles. The molecular weight excluding hydrogens is 342 g/mol. The Morgan fingerprint density at radius 1 is 1.26 bits per heavy atom. The van der Waals surface area contributed by atoms with Crippen LogP contribution in [0.3, 0.4) is 0 Å². The molecule has 138 valence electrons. The first kappa shape index (κ1) is 17.3. The highest BCUT2D eigenvalue weighted by atomic mass is 16.3. The number of fused-ring (bicyclic) bond motifs is 2. The number of nitrogens with zero attached hydrogens (tertiary/aromatic N) is 1. The summed E-state index contributed by atoms with van der Waals surface area (Å²) in [5.74, 6) is 0.488. The minimum atomic E-state index is -0.256. The normalized spacial score (nSPS) is 15.6. The fourth-order valence-corrected chi connectivity index (χ4v) is 3.39. The molecule has 2 amide bonds. The summed E-state index contributed by atoms with van der Waals surface area (Å²) in [5.41, 5.74) is 4.33. The molecule has 6 heteroatoms. The maximum absolute atomic E-state index is 12.2. The van der Waals surface area contributed by atoms with Gasteiger partial charge >= 0.3 is 0 Å². The number of benzene rings is 2. The fourth-order valence-electron chi connectivity index (χ4n) is 3.39. The van der Waals surface area contributed by atoms with E-state index in [-0.39, 0.29) is 24.3 Å². The largest absolute Gasteiger partial charge is 0.441 e. The molecule has 1 aliphatic heterocycles. The van der Waals surface area contributed by atoms with Gasteiger partial charge in [0.1, 0.15) is 5.52 Å². The highest BCUT2D eigenvalue weighted by Crippen LogP contribution is 2.27. The zero-order valence-corrected chi connectivity index (χ0v) is 15.1. The van der Waals surface area contributed by atoms with E-state index < -0.39 is 0 Å². The van der Waals surface area contributed by atoms with E-state index in [0.717, 1.165) is 28.6 Å². The number of aromatic nitrogens is 1. The van der Waals surface area contributed by atoms with Crippen LogP contribution >= 0.6 is 0 Å². The third kappa shape index (κ3) is 3.69. The van der Waals surface area contributed by atoms with E-state index in [1.165, 1.54) is 0 Å². The number of carbonyl (C=O) groups is 2. The van der Waals surface area contributed by atoms with Gasteiger partial charge in [0, 0.05) is 18.5 Å². The molecular formula is C21H21N3O3. The molecule has 1 aromatic heterocycles. The second-order valence-corrected chi connectivity index (χ2v) is 6.85. The van der Waals surface area contributed by atoms with Crippen molar-refractivity contribution in [1.29, 1.82) is 0 Å². The summed E-state index contributed by atoms with van der Waals surface area (Å²) in [6, 6.07) is 13.1. The summed E-state index contributed by atoms with van der Waals surface area (Å²) in [6.45, 7) is 2.56. The number of carbonyl (C=O) groups excluding carboxylic acids is 2. The average Bonchev–Trinajstić information content (AvgIpc) is 3.19. The molecule has 2 N–H and O–H groups in total. The monoisotopic (exact) mass is 363 g/mol. The maximum Gasteiger partial charge on any atom is 0.252 e. The van der Waals surface area contributed by atoms with Crippen molar-refractivity contribution < 1.29 is 14.0 Å². The van der Waals surface area contributed by atoms with Gasteiger partial charge in [-0.2, -0.15) is 0 Å². The molecule has 1 unspecified atom stereocenters. The smallest absolute Gasteiger partial charge is 0.252 e. The van der Waals surface area contributed by atoms with Crippen molar-refractivity contribution in [2.45, 2.75) is 32.2 Å². The van der Waals surface area contributed by atoms with Crippen LogP contribution < -0.4 is 10.6 Å². The molecule has 4 rings (SSSR count). The first-order valence-electron chi connectivity index (χ1n) is 9.13. The third-order valence-corrected chi connectivity index (χ3v) is 4.75. The lowest BCUT2D eigenvalue weighted by Crippen LogP contribution is -2.29. The molecule has 0 bridgehead atoms. The van der Waals surface area contributed by atoms with Crippen LogP contribution in [0.25, 0.3) is 11.1 Å². The molecule has 0 spiro atoms. The van der Waals surface area contributed by atoms with Gasteiger partial charge in [0.2, 0.25) is 5.91 Å². The van der Waals surface area contributed by atoms with Gasteiger partial charge in [-0.3, -0.25) is 9.59 Å². The van der Waals surface area contributed by atoms with E-state index in [1.807, 2.05) is 43.3 Å². The predicted octanol–water partition coefficient (Wildman–Crippen LogP) is 3.06. The fraction of sp³-hybridized carbons (Fsp3) is 0.286. The number of oxazole rings is 1. The Balaban J connectivity index is 1.26. The van der Waals surface area contributed by atoms with E-state index >= 15 is 0 Å². The van der Waals surface area contributed by atoms with Gasteiger partial charge in [0.15, 0.2) is 11.5 Å². The van der Waals surface area contributed by atoms with E-state index in [0.29, 0.717) is 24.4 Å². The zero-order valence-electron chi connectivity index (χ0n) is 15.1. The van der Waals surface area contributed by atoms with Gasteiger partial charge in [-0.1, -0.05) is 24.3 Å². The topological polar surface area (TPSA) is 84.2 Å². The number of nitrogens with one attached hydrogen (secondary N) is 2. The number of amides is 2. The quantitative estimate of drug-likeness (QED) is 0.659. The second-order valence-electron chi connectivity index (χ2n) is 6.85. The molecule has 1 aliphatic rings. The summed E-state index contributed by atoms with van der Waals surface area (Å²) in [5, 5.41) is 5.77. The molecule has 2 heterocycles. The minimum absolute atomic E-state index is 0.0785. The number of rotatable bonds is 6. The Kier molecular flexibility index (Phi) is 4.62. The van der Waals surface area contributed by atoms with Gasteiger partial charge in [0.25, 0.3) is 5.91 Å². The van der Waals surface area contributed by atoms with Crippen molar-refractivity contribution in [3.8, 4) is 0 Å². The van der Waals surface area contributed by atoms with Crippen LogP contribution in [0.2, 0.25) is 0 Å². The lowest BCUT2D eigenvalue weighted by atomic mass is 10.0. The van der Waals surface area contributed by atoms with E-state index in [1.54, 1.807) is 6.07 Å². The van der Waals surface area contributed by atoms with Crippen LogP contribution in [0.1, 0.15) is 46.3 Å². The number of hydrogen-bond acceptors (Lipinski definition) is 4. The minimum Gasteiger partial charge on any atom is -0.441 e. The SMILES string of the molecule is Cc1ccc2nc(CCCNC(=O)CC3NC(=O)c4ccccc43)oc2c1. The molecule has 2 aromatic carbocycles. The Morgan fingerprint density at radius 3 is 3.00 bits per heavy atom. The number of hydrogen-bond donors (Lipinski definition) is 2. The zero-order chi connectivity index (χ0) is 18.8. The van der Waals surface area contributed by atoms with Crippen molar-refractivity contribution in [2.75, 3.05) is 6.54 Å². The number of aryl methyl sites for hydroxylation is 2. The molecule has 0 aliphatic carbocycles. The van der Waals surface area contributed by atoms with E-state index in [9.17, 15) is 9.59 Å². The van der Waals surface area contributed by atoms with Crippen LogP contribution in [0, 0.1) is 6.92 Å². The lowest BCUT2D eigenvalue weighted by molar-refractivity contribution is -0.121. The Morgan fingerprint density at radius 2 is 2.11 bits per heavy atom. The molecule has 27 heavy (non-hydrogen) atoms. The van der Waals surface area contributed by atoms with Gasteiger partial charge in [-0.15, -0.1) is 0 Å². The van der Waals surface area contributed by atoms with Crippen molar-refractivity contribution in [1.82, 2.24) is 15.6 Å². The van der Waals surface area contributed by atoms with Gasteiger partial charge in [-0.25, -0.2) is 4.98 Å². The molecule has 1 atom stereocenters. The van der Waals surface area contributed by atoms with Crippen LogP contribution in [0.5, 0.6) is 0 Å². The van der Waals surface area contributed by atoms with Gasteiger partial charge in [0.05, 0.1) is 12.5 Å². The van der Waals surface area contributed by atoms with Crippen molar-refractivity contribution >= 4 is 22.9 Å². The molecule has 3 aromatic rings. The predicted molar refractivity (Wildman–Crippen MR) is 101 cm³/mol. The van der Waals surface area contributed by atoms with Crippen molar-refractivity contribution in [2.24, 2.45) is 0 Å². The van der Waals surface area contributed by atoms with Gasteiger partial charge in [-0.05, 0) is 42.7 Å². The summed E-state index contributed by atoms with van der Waals surface area (Å²) in [4.78, 5) is 28.6. The Labute approximate surface area is 157 Å². The highest BCUT2D eigenvalue weighted by molar-refractivity contribution is 5.99. The average molecular weight is 363 g/mol. The lowest BCUT2D eigenvalue weighted by Gasteiger charge is -2.11. The van der Waals surface area contributed by atoms with Gasteiger partial charge < -0.3 is 15.1 Å². The summed E-state index contributed by atoms with van der Waals surface area (Å²) >= 11 is 0. The van der Waals surface area contributed by atoms with Crippen molar-refractivity contribution in [3.05, 3.63) is 65.0 Å². The van der Waals surface area contributed by atoms with Crippen LogP contribution in [-0.2, 0) is 11.2 Å². The highest BCUT2D eigenvalue weighted by Gasteiger charge is 2.29.